The van der Waals surface area contributed by atoms with Crippen LogP contribution in [0, 0.1) is 0 Å². The van der Waals surface area contributed by atoms with Crippen molar-refractivity contribution < 1.29 is 0 Å². The molecule has 1 nitrogen and oxygen atoms in total. The topological polar surface area (TPSA) is 12.0 Å². The molecule has 1 fully saturated rings. The molecule has 1 aromatic rings. The summed E-state index contributed by atoms with van der Waals surface area (Å²) in [6, 6.07) is 6.77. The van der Waals surface area contributed by atoms with Crippen LogP contribution in [0.4, 0.5) is 0 Å². The van der Waals surface area contributed by atoms with Crippen molar-refractivity contribution in [2.24, 2.45) is 0 Å². The van der Waals surface area contributed by atoms with Crippen molar-refractivity contribution in [1.82, 2.24) is 5.32 Å². The average molecular weight is 379 g/mol. The van der Waals surface area contributed by atoms with Gasteiger partial charge in [-0.05, 0) is 43.7 Å². The van der Waals surface area contributed by atoms with Crippen LogP contribution in [0.15, 0.2) is 27.1 Å². The lowest BCUT2D eigenvalue weighted by atomic mass is 10.1. The summed E-state index contributed by atoms with van der Waals surface area (Å²) in [5.74, 6) is 0. The Kier molecular flexibility index (Phi) is 4.61. The van der Waals surface area contributed by atoms with Crippen molar-refractivity contribution in [3.05, 3.63) is 32.7 Å². The first-order chi connectivity index (χ1) is 8.06. The van der Waals surface area contributed by atoms with Crippen molar-refractivity contribution in [3.63, 3.8) is 0 Å². The van der Waals surface area contributed by atoms with Gasteiger partial charge in [0, 0.05) is 26.3 Å². The molecule has 0 spiro atoms. The van der Waals surface area contributed by atoms with Crippen molar-refractivity contribution in [3.8, 4) is 0 Å². The standard InChI is InChI=1S/C13H17Br2NS/c1-9(16-8-13(17-2)5-6-13)11-4-3-10(14)7-12(11)15/h3-4,7,9,16H,5-6,8H2,1-2H3. The molecule has 1 saturated carbocycles. The van der Waals surface area contributed by atoms with E-state index in [9.17, 15) is 0 Å². The van der Waals surface area contributed by atoms with E-state index in [1.807, 2.05) is 11.8 Å². The molecule has 1 atom stereocenters. The van der Waals surface area contributed by atoms with Crippen LogP contribution in [-0.4, -0.2) is 17.5 Å². The Bertz CT molecular complexity index is 404. The Balaban J connectivity index is 1.97. The first-order valence-electron chi connectivity index (χ1n) is 5.80. The van der Waals surface area contributed by atoms with Gasteiger partial charge < -0.3 is 5.32 Å². The third-order valence-corrected chi connectivity index (χ3v) is 6.00. The fourth-order valence-electron chi connectivity index (χ4n) is 1.89. The second-order valence-electron chi connectivity index (χ2n) is 4.66. The lowest BCUT2D eigenvalue weighted by molar-refractivity contribution is 0.562. The first kappa shape index (κ1) is 13.9. The maximum absolute atomic E-state index is 3.65. The Morgan fingerprint density at radius 3 is 2.65 bits per heavy atom. The number of nitrogens with one attached hydrogen (secondary N) is 1. The summed E-state index contributed by atoms with van der Waals surface area (Å²) < 4.78 is 2.81. The van der Waals surface area contributed by atoms with Crippen LogP contribution in [0.2, 0.25) is 0 Å². The monoisotopic (exact) mass is 377 g/mol. The molecular weight excluding hydrogens is 362 g/mol. The molecule has 1 aliphatic carbocycles. The number of benzene rings is 1. The Morgan fingerprint density at radius 1 is 1.41 bits per heavy atom. The summed E-state index contributed by atoms with van der Waals surface area (Å²) in [6.07, 6.45) is 4.93. The molecule has 1 unspecified atom stereocenters. The highest BCUT2D eigenvalue weighted by Crippen LogP contribution is 2.46. The molecule has 4 heteroatoms. The third-order valence-electron chi connectivity index (χ3n) is 3.40. The highest BCUT2D eigenvalue weighted by molar-refractivity contribution is 9.11. The second-order valence-corrected chi connectivity index (χ2v) is 7.70. The van der Waals surface area contributed by atoms with Gasteiger partial charge in [-0.15, -0.1) is 0 Å². The number of hydrogen-bond donors (Lipinski definition) is 1. The molecule has 17 heavy (non-hydrogen) atoms. The fourth-order valence-corrected chi connectivity index (χ4v) is 4.02. The number of hydrogen-bond acceptors (Lipinski definition) is 2. The predicted molar refractivity (Wildman–Crippen MR) is 83.7 cm³/mol. The van der Waals surface area contributed by atoms with Crippen molar-refractivity contribution in [2.45, 2.75) is 30.6 Å². The van der Waals surface area contributed by atoms with Gasteiger partial charge in [-0.25, -0.2) is 0 Å². The van der Waals surface area contributed by atoms with E-state index in [2.05, 4.69) is 68.6 Å². The van der Waals surface area contributed by atoms with Gasteiger partial charge in [-0.2, -0.15) is 11.8 Å². The third kappa shape index (κ3) is 3.49. The molecule has 0 amide bonds. The van der Waals surface area contributed by atoms with Crippen LogP contribution >= 0.6 is 43.6 Å². The summed E-state index contributed by atoms with van der Waals surface area (Å²) >= 11 is 9.11. The predicted octanol–water partition coefficient (Wildman–Crippen LogP) is 4.76. The minimum Gasteiger partial charge on any atom is -0.309 e. The number of rotatable bonds is 5. The second kappa shape index (κ2) is 5.64. The van der Waals surface area contributed by atoms with Crippen molar-refractivity contribution >= 4 is 43.6 Å². The highest BCUT2D eigenvalue weighted by atomic mass is 79.9. The van der Waals surface area contributed by atoms with E-state index in [4.69, 9.17) is 0 Å². The minimum absolute atomic E-state index is 0.391. The molecule has 0 bridgehead atoms. The zero-order chi connectivity index (χ0) is 12.5. The van der Waals surface area contributed by atoms with E-state index in [1.54, 1.807) is 0 Å². The van der Waals surface area contributed by atoms with E-state index < -0.39 is 0 Å². The van der Waals surface area contributed by atoms with Crippen molar-refractivity contribution in [1.29, 1.82) is 0 Å². The molecule has 1 N–H and O–H groups in total. The van der Waals surface area contributed by atoms with E-state index in [0.717, 1.165) is 11.0 Å². The van der Waals surface area contributed by atoms with Crippen LogP contribution in [0.1, 0.15) is 31.4 Å². The van der Waals surface area contributed by atoms with Gasteiger partial charge in [0.15, 0.2) is 0 Å². The Labute approximate surface area is 124 Å². The van der Waals surface area contributed by atoms with Gasteiger partial charge >= 0.3 is 0 Å². The largest absolute Gasteiger partial charge is 0.309 e. The first-order valence-corrected chi connectivity index (χ1v) is 8.61. The molecule has 0 aliphatic heterocycles. The maximum Gasteiger partial charge on any atom is 0.0303 e. The molecular formula is C13H17Br2NS. The number of thioether (sulfide) groups is 1. The van der Waals surface area contributed by atoms with Crippen LogP contribution in [-0.2, 0) is 0 Å². The van der Waals surface area contributed by atoms with Gasteiger partial charge in [0.25, 0.3) is 0 Å². The van der Waals surface area contributed by atoms with E-state index in [0.29, 0.717) is 10.8 Å². The SMILES string of the molecule is CSC1(CNC(C)c2ccc(Br)cc2Br)CC1. The lowest BCUT2D eigenvalue weighted by Crippen LogP contribution is -2.28. The highest BCUT2D eigenvalue weighted by Gasteiger charge is 2.41. The zero-order valence-corrected chi connectivity index (χ0v) is 14.1. The molecule has 94 valence electrons. The summed E-state index contributed by atoms with van der Waals surface area (Å²) in [5, 5.41) is 3.65. The van der Waals surface area contributed by atoms with Gasteiger partial charge in [0.1, 0.15) is 0 Å². The molecule has 0 radical (unpaired) electrons. The summed E-state index contributed by atoms with van der Waals surface area (Å²) in [7, 11) is 0. The maximum atomic E-state index is 3.65. The lowest BCUT2D eigenvalue weighted by Gasteiger charge is -2.20. The Morgan fingerprint density at radius 2 is 2.12 bits per heavy atom. The quantitative estimate of drug-likeness (QED) is 0.792. The van der Waals surface area contributed by atoms with E-state index in [-0.39, 0.29) is 0 Å². The normalized spacial score (nSPS) is 19.1. The smallest absolute Gasteiger partial charge is 0.0303 e. The molecule has 1 aliphatic rings. The minimum atomic E-state index is 0.391. The van der Waals surface area contributed by atoms with Gasteiger partial charge in [-0.3, -0.25) is 0 Å². The molecule has 1 aromatic carbocycles. The fraction of sp³-hybridized carbons (Fsp3) is 0.538. The van der Waals surface area contributed by atoms with Crippen LogP contribution < -0.4 is 5.32 Å². The van der Waals surface area contributed by atoms with Crippen LogP contribution in [0.5, 0.6) is 0 Å². The van der Waals surface area contributed by atoms with E-state index >= 15 is 0 Å². The zero-order valence-electron chi connectivity index (χ0n) is 10.1. The summed E-state index contributed by atoms with van der Waals surface area (Å²) in [6.45, 7) is 3.34. The molecule has 0 saturated heterocycles. The summed E-state index contributed by atoms with van der Waals surface area (Å²) in [4.78, 5) is 0. The molecule has 0 heterocycles. The van der Waals surface area contributed by atoms with Gasteiger partial charge in [-0.1, -0.05) is 37.9 Å². The molecule has 2 rings (SSSR count). The number of halogens is 2. The van der Waals surface area contributed by atoms with Crippen molar-refractivity contribution in [2.75, 3.05) is 12.8 Å². The van der Waals surface area contributed by atoms with Crippen LogP contribution in [0.25, 0.3) is 0 Å². The molecule has 0 aromatic heterocycles. The van der Waals surface area contributed by atoms with Crippen LogP contribution in [0.3, 0.4) is 0 Å². The average Bonchev–Trinajstić information content (AvgIpc) is 3.07. The van der Waals surface area contributed by atoms with Gasteiger partial charge in [0.05, 0.1) is 0 Å². The van der Waals surface area contributed by atoms with Gasteiger partial charge in [0.2, 0.25) is 0 Å². The van der Waals surface area contributed by atoms with E-state index in [1.165, 1.54) is 22.9 Å². The Hall–Kier alpha value is 0.490. The summed E-state index contributed by atoms with van der Waals surface area (Å²) in [5.41, 5.74) is 1.32.